The van der Waals surface area contributed by atoms with E-state index in [-0.39, 0.29) is 28.0 Å². The summed E-state index contributed by atoms with van der Waals surface area (Å²) in [7, 11) is 1.57. The first-order valence-electron chi connectivity index (χ1n) is 9.37. The van der Waals surface area contributed by atoms with Crippen LogP contribution in [0.1, 0.15) is 23.0 Å². The standard InChI is InChI=1S/C20H16Cl2N8O3/c1-10(11-4-3-5-13(8-11)32-2)24-26-20(31)16-17(12-6-7-14(21)15(22)9-12)30(29-25-16)19-18(23)27-33-28-19/h3-9H,1-2H3,(H2,23,27)(H,26,31). The zero-order valence-electron chi connectivity index (χ0n) is 17.3. The van der Waals surface area contributed by atoms with Gasteiger partial charge in [-0.3, -0.25) is 4.79 Å². The molecule has 1 amide bonds. The number of anilines is 1. The molecule has 0 aliphatic carbocycles. The van der Waals surface area contributed by atoms with Gasteiger partial charge in [0.15, 0.2) is 5.69 Å². The molecular weight excluding hydrogens is 471 g/mol. The van der Waals surface area contributed by atoms with Crippen molar-refractivity contribution in [2.24, 2.45) is 5.10 Å². The highest BCUT2D eigenvalue weighted by Gasteiger charge is 2.25. The molecule has 0 spiro atoms. The highest BCUT2D eigenvalue weighted by atomic mass is 35.5. The first kappa shape index (κ1) is 22.2. The zero-order chi connectivity index (χ0) is 23.5. The van der Waals surface area contributed by atoms with E-state index in [9.17, 15) is 4.79 Å². The van der Waals surface area contributed by atoms with Crippen LogP contribution in [-0.4, -0.2) is 44.0 Å². The van der Waals surface area contributed by atoms with Crippen LogP contribution in [0.15, 0.2) is 52.2 Å². The van der Waals surface area contributed by atoms with E-state index in [1.165, 1.54) is 4.68 Å². The van der Waals surface area contributed by atoms with E-state index in [1.807, 2.05) is 18.2 Å². The molecule has 2 aromatic heterocycles. The Hall–Kier alpha value is -3.96. The smallest absolute Gasteiger partial charge is 0.294 e. The number of aromatic nitrogens is 5. The van der Waals surface area contributed by atoms with Crippen LogP contribution in [0, 0.1) is 0 Å². The van der Waals surface area contributed by atoms with E-state index >= 15 is 0 Å². The summed E-state index contributed by atoms with van der Waals surface area (Å²) < 4.78 is 11.1. The number of carbonyl (C=O) groups is 1. The minimum Gasteiger partial charge on any atom is -0.497 e. The highest BCUT2D eigenvalue weighted by Crippen LogP contribution is 2.31. The molecule has 0 radical (unpaired) electrons. The van der Waals surface area contributed by atoms with Crippen LogP contribution in [0.2, 0.25) is 10.0 Å². The molecule has 13 heteroatoms. The lowest BCUT2D eigenvalue weighted by Crippen LogP contribution is -2.21. The van der Waals surface area contributed by atoms with Gasteiger partial charge in [0.25, 0.3) is 5.91 Å². The summed E-state index contributed by atoms with van der Waals surface area (Å²) >= 11 is 12.2. The zero-order valence-corrected chi connectivity index (χ0v) is 18.8. The van der Waals surface area contributed by atoms with Crippen LogP contribution in [0.5, 0.6) is 5.75 Å². The maximum Gasteiger partial charge on any atom is 0.294 e. The summed E-state index contributed by atoms with van der Waals surface area (Å²) in [6.45, 7) is 1.74. The Balaban J connectivity index is 1.72. The third-order valence-corrected chi connectivity index (χ3v) is 5.33. The SMILES string of the molecule is COc1cccc(C(C)=NNC(=O)c2nnn(-c3nonc3N)c2-c2ccc(Cl)c(Cl)c2)c1. The van der Waals surface area contributed by atoms with Crippen LogP contribution >= 0.6 is 23.2 Å². The third kappa shape index (κ3) is 4.49. The summed E-state index contributed by atoms with van der Waals surface area (Å²) in [5, 5.41) is 20.0. The number of hydrogen-bond acceptors (Lipinski definition) is 9. The van der Waals surface area contributed by atoms with E-state index in [2.05, 4.69) is 35.8 Å². The van der Waals surface area contributed by atoms with Crippen molar-refractivity contribution in [1.82, 2.24) is 30.7 Å². The number of ether oxygens (including phenoxy) is 1. The summed E-state index contributed by atoms with van der Waals surface area (Å²) in [6.07, 6.45) is 0. The molecule has 2 heterocycles. The number of benzene rings is 2. The van der Waals surface area contributed by atoms with Crippen LogP contribution in [-0.2, 0) is 0 Å². The number of nitrogens with one attached hydrogen (secondary N) is 1. The average Bonchev–Trinajstić information content (AvgIpc) is 3.45. The fraction of sp³-hybridized carbons (Fsp3) is 0.100. The lowest BCUT2D eigenvalue weighted by Gasteiger charge is -2.08. The van der Waals surface area contributed by atoms with Gasteiger partial charge >= 0.3 is 0 Å². The normalized spacial score (nSPS) is 11.5. The molecule has 3 N–H and O–H groups in total. The summed E-state index contributed by atoms with van der Waals surface area (Å²) in [6, 6.07) is 12.0. The lowest BCUT2D eigenvalue weighted by molar-refractivity contribution is 0.0950. The maximum atomic E-state index is 13.0. The fourth-order valence-corrected chi connectivity index (χ4v) is 3.22. The van der Waals surface area contributed by atoms with E-state index in [0.717, 1.165) is 5.56 Å². The Morgan fingerprint density at radius 2 is 2.00 bits per heavy atom. The minimum absolute atomic E-state index is 0.0416. The van der Waals surface area contributed by atoms with Gasteiger partial charge in [-0.2, -0.15) is 9.78 Å². The highest BCUT2D eigenvalue weighted by molar-refractivity contribution is 6.42. The molecule has 2 aromatic carbocycles. The number of nitrogen functional groups attached to an aromatic ring is 1. The summed E-state index contributed by atoms with van der Waals surface area (Å²) in [4.78, 5) is 13.0. The molecule has 0 unspecified atom stereocenters. The number of hydrogen-bond donors (Lipinski definition) is 2. The molecule has 168 valence electrons. The van der Waals surface area contributed by atoms with Gasteiger partial charge < -0.3 is 10.5 Å². The molecule has 33 heavy (non-hydrogen) atoms. The van der Waals surface area contributed by atoms with E-state index in [1.54, 1.807) is 38.3 Å². The molecule has 0 atom stereocenters. The van der Waals surface area contributed by atoms with Crippen LogP contribution in [0.4, 0.5) is 5.82 Å². The van der Waals surface area contributed by atoms with Gasteiger partial charge in [0, 0.05) is 11.1 Å². The van der Waals surface area contributed by atoms with Crippen molar-refractivity contribution in [2.75, 3.05) is 12.8 Å². The van der Waals surface area contributed by atoms with Gasteiger partial charge in [-0.25, -0.2) is 10.1 Å². The average molecular weight is 487 g/mol. The van der Waals surface area contributed by atoms with Crippen molar-refractivity contribution in [1.29, 1.82) is 0 Å². The molecule has 0 saturated heterocycles. The second kappa shape index (κ2) is 9.27. The number of methoxy groups -OCH3 is 1. The number of halogens is 2. The van der Waals surface area contributed by atoms with Crippen molar-refractivity contribution < 1.29 is 14.2 Å². The van der Waals surface area contributed by atoms with E-state index in [0.29, 0.717) is 22.0 Å². The van der Waals surface area contributed by atoms with Crippen LogP contribution in [0.3, 0.4) is 0 Å². The molecule has 0 aliphatic rings. The van der Waals surface area contributed by atoms with Gasteiger partial charge in [-0.05, 0) is 41.5 Å². The second-order valence-corrected chi connectivity index (χ2v) is 7.48. The number of carbonyl (C=O) groups excluding carboxylic acids is 1. The number of nitrogens with zero attached hydrogens (tertiary/aromatic N) is 6. The predicted octanol–water partition coefficient (Wildman–Crippen LogP) is 3.37. The summed E-state index contributed by atoms with van der Waals surface area (Å²) in [5.74, 6) is 0.0513. The third-order valence-electron chi connectivity index (χ3n) is 4.59. The molecule has 4 aromatic rings. The van der Waals surface area contributed by atoms with Crippen molar-refractivity contribution in [3.63, 3.8) is 0 Å². The lowest BCUT2D eigenvalue weighted by atomic mass is 10.1. The minimum atomic E-state index is -0.625. The van der Waals surface area contributed by atoms with Crippen LogP contribution in [0.25, 0.3) is 17.1 Å². The molecule has 0 bridgehead atoms. The van der Waals surface area contributed by atoms with Crippen molar-refractivity contribution in [3.8, 4) is 22.8 Å². The monoisotopic (exact) mass is 486 g/mol. The Labute approximate surface area is 197 Å². The topological polar surface area (TPSA) is 146 Å². The second-order valence-electron chi connectivity index (χ2n) is 6.67. The fourth-order valence-electron chi connectivity index (χ4n) is 2.92. The molecular formula is C20H16Cl2N8O3. The largest absolute Gasteiger partial charge is 0.497 e. The first-order valence-corrected chi connectivity index (χ1v) is 10.1. The number of nitrogens with two attached hydrogens (primary N) is 1. The van der Waals surface area contributed by atoms with Crippen molar-refractivity contribution in [2.45, 2.75) is 6.92 Å². The van der Waals surface area contributed by atoms with Gasteiger partial charge in [0.2, 0.25) is 11.6 Å². The van der Waals surface area contributed by atoms with E-state index in [4.69, 9.17) is 33.7 Å². The molecule has 11 nitrogen and oxygen atoms in total. The predicted molar refractivity (Wildman–Crippen MR) is 122 cm³/mol. The van der Waals surface area contributed by atoms with Crippen LogP contribution < -0.4 is 15.9 Å². The quantitative estimate of drug-likeness (QED) is 0.311. The van der Waals surface area contributed by atoms with Gasteiger partial charge in [0.05, 0.1) is 22.9 Å². The van der Waals surface area contributed by atoms with Gasteiger partial charge in [-0.1, -0.05) is 46.6 Å². The number of rotatable bonds is 6. The molecule has 4 rings (SSSR count). The molecule has 0 fully saturated rings. The van der Waals surface area contributed by atoms with Crippen molar-refractivity contribution >= 4 is 40.6 Å². The first-order chi connectivity index (χ1) is 15.9. The molecule has 0 saturated carbocycles. The number of hydrazone groups is 1. The Bertz CT molecular complexity index is 1370. The van der Waals surface area contributed by atoms with Gasteiger partial charge in [0.1, 0.15) is 11.4 Å². The Kier molecular flexibility index (Phi) is 6.24. The number of amides is 1. The molecule has 0 aliphatic heterocycles. The van der Waals surface area contributed by atoms with E-state index < -0.39 is 5.91 Å². The Morgan fingerprint density at radius 1 is 1.18 bits per heavy atom. The maximum absolute atomic E-state index is 13.0. The summed E-state index contributed by atoms with van der Waals surface area (Å²) in [5.41, 5.74) is 10.3. The van der Waals surface area contributed by atoms with Crippen molar-refractivity contribution in [3.05, 3.63) is 63.8 Å². The van der Waals surface area contributed by atoms with Gasteiger partial charge in [-0.15, -0.1) is 5.10 Å². The Morgan fingerprint density at radius 3 is 2.70 bits per heavy atom.